The van der Waals surface area contributed by atoms with E-state index in [0.29, 0.717) is 0 Å². The molecule has 0 spiro atoms. The van der Waals surface area contributed by atoms with Crippen LogP contribution in [0.3, 0.4) is 0 Å². The monoisotopic (exact) mass is 967 g/mol. The normalized spacial score (nSPS) is 17.5. The van der Waals surface area contributed by atoms with Crippen molar-refractivity contribution in [1.29, 1.82) is 0 Å². The molecule has 2 aliphatic carbocycles. The molecule has 2 nitrogen and oxygen atoms in total. The largest absolute Gasteiger partial charge is 0.311 e. The molecule has 372 valence electrons. The average Bonchev–Trinajstić information content (AvgIpc) is 3.59. The molecule has 0 bridgehead atoms. The highest BCUT2D eigenvalue weighted by Gasteiger charge is 2.49. The van der Waals surface area contributed by atoms with Gasteiger partial charge in [-0.25, -0.2) is 0 Å². The van der Waals surface area contributed by atoms with Crippen LogP contribution in [0.15, 0.2) is 164 Å². The number of rotatable bonds is 5. The lowest BCUT2D eigenvalue weighted by Gasteiger charge is -2.46. The van der Waals surface area contributed by atoms with E-state index in [4.69, 9.17) is 0 Å². The summed E-state index contributed by atoms with van der Waals surface area (Å²) in [5.41, 5.74) is 27.6. The van der Waals surface area contributed by atoms with Gasteiger partial charge >= 0.3 is 0 Å². The minimum Gasteiger partial charge on any atom is -0.311 e. The SMILES string of the molecule is CC(C)(C)c1ccc(N2c3cc4c(cc3B3c5ccc(-c6ccccc6)cc5N(c5cccc(-c6ccccc6)c5)c5cc(C(C)(C)C)cc2c53)C(C)(C)CC4(C)C)c(-c2ccc3c(c2)C(C)(C)CCC3(C)C)c1. The zero-order valence-corrected chi connectivity index (χ0v) is 46.7. The third kappa shape index (κ3) is 7.73. The van der Waals surface area contributed by atoms with Crippen LogP contribution in [0.1, 0.15) is 150 Å². The minimum atomic E-state index is -0.156. The first-order chi connectivity index (χ1) is 34.9. The fourth-order valence-electron chi connectivity index (χ4n) is 13.9. The predicted octanol–water partition coefficient (Wildman–Crippen LogP) is 17.7. The van der Waals surface area contributed by atoms with Gasteiger partial charge in [-0.2, -0.15) is 0 Å². The van der Waals surface area contributed by atoms with Crippen LogP contribution < -0.4 is 26.2 Å². The van der Waals surface area contributed by atoms with Crippen molar-refractivity contribution in [3.05, 3.63) is 197 Å². The Labute approximate surface area is 444 Å². The van der Waals surface area contributed by atoms with E-state index in [1.165, 1.54) is 124 Å². The van der Waals surface area contributed by atoms with Gasteiger partial charge in [-0.3, -0.25) is 0 Å². The number of benzene rings is 8. The summed E-state index contributed by atoms with van der Waals surface area (Å²) in [4.78, 5) is 5.36. The molecule has 74 heavy (non-hydrogen) atoms. The summed E-state index contributed by atoms with van der Waals surface area (Å²) in [6.07, 6.45) is 3.47. The molecule has 0 saturated heterocycles. The van der Waals surface area contributed by atoms with Crippen molar-refractivity contribution in [1.82, 2.24) is 0 Å². The summed E-state index contributed by atoms with van der Waals surface area (Å²) >= 11 is 0. The van der Waals surface area contributed by atoms with Gasteiger partial charge < -0.3 is 9.80 Å². The second-order valence-corrected chi connectivity index (χ2v) is 27.2. The third-order valence-electron chi connectivity index (χ3n) is 18.0. The van der Waals surface area contributed by atoms with E-state index >= 15 is 0 Å². The molecule has 8 aromatic carbocycles. The van der Waals surface area contributed by atoms with Crippen LogP contribution in [0.5, 0.6) is 0 Å². The number of hydrogen-bond acceptors (Lipinski definition) is 2. The Morgan fingerprint density at radius 1 is 0.365 bits per heavy atom. The second-order valence-electron chi connectivity index (χ2n) is 27.2. The molecule has 2 heterocycles. The minimum absolute atomic E-state index is 0.00363. The van der Waals surface area contributed by atoms with Crippen molar-refractivity contribution in [2.45, 2.75) is 149 Å². The molecule has 0 unspecified atom stereocenters. The lowest BCUT2D eigenvalue weighted by atomic mass is 9.33. The fourth-order valence-corrected chi connectivity index (χ4v) is 13.9. The van der Waals surface area contributed by atoms with E-state index in [-0.39, 0.29) is 39.2 Å². The maximum Gasteiger partial charge on any atom is 0.252 e. The molecule has 12 rings (SSSR count). The number of fused-ring (bicyclic) bond motifs is 6. The molecule has 0 radical (unpaired) electrons. The van der Waals surface area contributed by atoms with Crippen molar-refractivity contribution >= 4 is 57.2 Å². The van der Waals surface area contributed by atoms with Gasteiger partial charge in [-0.05, 0) is 178 Å². The number of nitrogens with zero attached hydrogens (tertiary/aromatic N) is 2. The van der Waals surface area contributed by atoms with Crippen LogP contribution >= 0.6 is 0 Å². The Balaban J connectivity index is 1.21. The Morgan fingerprint density at radius 3 is 1.54 bits per heavy atom. The van der Waals surface area contributed by atoms with E-state index < -0.39 is 0 Å². The number of hydrogen-bond donors (Lipinski definition) is 0. The standard InChI is InChI=1S/C71H75BN2/c1-66(2,3)50-30-33-60(53(39-50)49-28-31-54-55(37-49)69(9,10)35-34-68(54,7)8)74-62-43-57-56(70(11,12)44-71(57,13)14)42-59(62)72-58-32-29-48(46-24-19-16-20-25-46)38-61(58)73(63-40-51(67(4,5)6)41-64(74)65(63)72)52-27-21-26-47(36-52)45-22-17-15-18-23-45/h15-33,36-43H,34-35,44H2,1-14H3. The second kappa shape index (κ2) is 16.5. The average molecular weight is 967 g/mol. The highest BCUT2D eigenvalue weighted by molar-refractivity contribution is 7.00. The van der Waals surface area contributed by atoms with Gasteiger partial charge in [0.2, 0.25) is 0 Å². The summed E-state index contributed by atoms with van der Waals surface area (Å²) < 4.78 is 0. The lowest BCUT2D eigenvalue weighted by Crippen LogP contribution is -2.61. The molecular weight excluding hydrogens is 892 g/mol. The molecule has 0 atom stereocenters. The van der Waals surface area contributed by atoms with Gasteiger partial charge in [0.25, 0.3) is 6.71 Å². The first-order valence-corrected chi connectivity index (χ1v) is 27.5. The van der Waals surface area contributed by atoms with E-state index in [9.17, 15) is 0 Å². The molecule has 0 aromatic heterocycles. The van der Waals surface area contributed by atoms with Crippen molar-refractivity contribution in [3.8, 4) is 33.4 Å². The lowest BCUT2D eigenvalue weighted by molar-refractivity contribution is 0.332. The zero-order valence-electron chi connectivity index (χ0n) is 46.7. The molecule has 0 fully saturated rings. The maximum absolute atomic E-state index is 2.74. The molecule has 8 aromatic rings. The van der Waals surface area contributed by atoms with E-state index in [1.807, 2.05) is 0 Å². The highest BCUT2D eigenvalue weighted by atomic mass is 15.2. The smallest absolute Gasteiger partial charge is 0.252 e. The fraction of sp³-hybridized carbons (Fsp3) is 0.324. The molecule has 0 saturated carbocycles. The van der Waals surface area contributed by atoms with Crippen molar-refractivity contribution in [2.75, 3.05) is 9.80 Å². The molecule has 4 aliphatic rings. The summed E-state index contributed by atoms with van der Waals surface area (Å²) in [5.74, 6) is 0. The van der Waals surface area contributed by atoms with Gasteiger partial charge in [-0.15, -0.1) is 0 Å². The molecule has 2 aliphatic heterocycles. The third-order valence-corrected chi connectivity index (χ3v) is 18.0. The quantitative estimate of drug-likeness (QED) is 0.159. The summed E-state index contributed by atoms with van der Waals surface area (Å²) in [5, 5.41) is 0. The highest BCUT2D eigenvalue weighted by Crippen LogP contribution is 2.55. The maximum atomic E-state index is 2.74. The summed E-state index contributed by atoms with van der Waals surface area (Å²) in [7, 11) is 0. The van der Waals surface area contributed by atoms with Crippen molar-refractivity contribution in [3.63, 3.8) is 0 Å². The topological polar surface area (TPSA) is 6.48 Å². The van der Waals surface area contributed by atoms with Crippen LogP contribution in [0.2, 0.25) is 0 Å². The van der Waals surface area contributed by atoms with Gasteiger partial charge in [-0.1, -0.05) is 212 Å². The van der Waals surface area contributed by atoms with Crippen molar-refractivity contribution < 1.29 is 0 Å². The van der Waals surface area contributed by atoms with E-state index in [2.05, 4.69) is 271 Å². The van der Waals surface area contributed by atoms with Crippen LogP contribution in [0, 0.1) is 0 Å². The zero-order chi connectivity index (χ0) is 52.1. The Hall–Kier alpha value is -6.58. The summed E-state index contributed by atoms with van der Waals surface area (Å²) in [6.45, 7) is 34.0. The van der Waals surface area contributed by atoms with Gasteiger partial charge in [0.1, 0.15) is 0 Å². The van der Waals surface area contributed by atoms with Gasteiger partial charge in [0.15, 0.2) is 0 Å². The Morgan fingerprint density at radius 2 is 0.905 bits per heavy atom. The molecular formula is C71H75BN2. The Bertz CT molecular complexity index is 3560. The van der Waals surface area contributed by atoms with Crippen molar-refractivity contribution in [2.24, 2.45) is 0 Å². The van der Waals surface area contributed by atoms with Crippen LogP contribution in [0.4, 0.5) is 34.1 Å². The first-order valence-electron chi connectivity index (χ1n) is 27.5. The first kappa shape index (κ1) is 48.4. The number of anilines is 6. The van der Waals surface area contributed by atoms with Crippen LogP contribution in [-0.2, 0) is 32.5 Å². The van der Waals surface area contributed by atoms with Crippen LogP contribution in [-0.4, -0.2) is 6.71 Å². The van der Waals surface area contributed by atoms with Gasteiger partial charge in [0.05, 0.1) is 5.69 Å². The molecule has 0 amide bonds. The van der Waals surface area contributed by atoms with Gasteiger partial charge in [0, 0.05) is 34.0 Å². The predicted molar refractivity (Wildman–Crippen MR) is 320 cm³/mol. The molecule has 3 heteroatoms. The van der Waals surface area contributed by atoms with E-state index in [0.717, 1.165) is 12.1 Å². The van der Waals surface area contributed by atoms with E-state index in [1.54, 1.807) is 0 Å². The van der Waals surface area contributed by atoms with Crippen LogP contribution in [0.25, 0.3) is 33.4 Å². The molecule has 0 N–H and O–H groups in total. The summed E-state index contributed by atoms with van der Waals surface area (Å²) in [6, 6.07) is 63.9. The Kier molecular flexibility index (Phi) is 10.8.